The molecule has 1 aromatic heterocycles. The van der Waals surface area contributed by atoms with Crippen molar-refractivity contribution in [1.29, 1.82) is 0 Å². The van der Waals surface area contributed by atoms with Gasteiger partial charge in [0.05, 0.1) is 16.8 Å². The molecule has 2 aromatic carbocycles. The molecule has 122 valence electrons. The van der Waals surface area contributed by atoms with Crippen LogP contribution in [0.3, 0.4) is 0 Å². The van der Waals surface area contributed by atoms with Gasteiger partial charge in [0.25, 0.3) is 0 Å². The highest BCUT2D eigenvalue weighted by Gasteiger charge is 2.03. The van der Waals surface area contributed by atoms with Crippen molar-refractivity contribution in [3.05, 3.63) is 59.1 Å². The zero-order valence-electron chi connectivity index (χ0n) is 13.3. The fourth-order valence-corrected chi connectivity index (χ4v) is 3.05. The first-order chi connectivity index (χ1) is 11.7. The van der Waals surface area contributed by atoms with E-state index in [4.69, 9.17) is 9.47 Å². The Morgan fingerprint density at radius 3 is 2.88 bits per heavy atom. The first-order valence-corrected chi connectivity index (χ1v) is 8.48. The van der Waals surface area contributed by atoms with E-state index in [2.05, 4.69) is 11.1 Å². The minimum Gasteiger partial charge on any atom is -0.482 e. The number of carbonyl (C=O) groups excluding carboxylic acids is 1. The van der Waals surface area contributed by atoms with Crippen molar-refractivity contribution in [2.45, 2.75) is 6.92 Å². The quantitative estimate of drug-likeness (QED) is 0.624. The Morgan fingerprint density at radius 2 is 2.04 bits per heavy atom. The molecule has 0 N–H and O–H groups in total. The second-order valence-electron chi connectivity index (χ2n) is 5.02. The molecule has 4 nitrogen and oxygen atoms in total. The van der Waals surface area contributed by atoms with E-state index in [9.17, 15) is 4.79 Å². The lowest BCUT2D eigenvalue weighted by molar-refractivity contribution is -0.145. The van der Waals surface area contributed by atoms with E-state index in [1.165, 1.54) is 4.70 Å². The molecule has 0 bridgehead atoms. The zero-order valence-corrected chi connectivity index (χ0v) is 14.1. The summed E-state index contributed by atoms with van der Waals surface area (Å²) in [6.45, 7) is 2.04. The lowest BCUT2D eigenvalue weighted by Gasteiger charge is -2.06. The molecular weight excluding hydrogens is 322 g/mol. The summed E-state index contributed by atoms with van der Waals surface area (Å²) in [7, 11) is 0. The summed E-state index contributed by atoms with van der Waals surface area (Å²) < 4.78 is 11.5. The van der Waals surface area contributed by atoms with Crippen LogP contribution in [0.5, 0.6) is 5.75 Å². The largest absolute Gasteiger partial charge is 0.482 e. The number of fused-ring (bicyclic) bond motifs is 1. The summed E-state index contributed by atoms with van der Waals surface area (Å²) in [5, 5.41) is 0.953. The van der Waals surface area contributed by atoms with E-state index >= 15 is 0 Å². The lowest BCUT2D eigenvalue weighted by Crippen LogP contribution is -2.14. The lowest BCUT2D eigenvalue weighted by atomic mass is 10.2. The molecule has 0 aliphatic heterocycles. The predicted molar refractivity (Wildman–Crippen MR) is 97.1 cm³/mol. The Labute approximate surface area is 144 Å². The third-order valence-electron chi connectivity index (χ3n) is 3.25. The second-order valence-corrected chi connectivity index (χ2v) is 6.08. The van der Waals surface area contributed by atoms with Crippen LogP contribution in [0.1, 0.15) is 17.5 Å². The predicted octanol–water partition coefficient (Wildman–Crippen LogP) is 4.41. The van der Waals surface area contributed by atoms with E-state index in [1.807, 2.05) is 54.6 Å². The number of para-hydroxylation sites is 1. The van der Waals surface area contributed by atoms with Gasteiger partial charge in [0.1, 0.15) is 10.8 Å². The van der Waals surface area contributed by atoms with Gasteiger partial charge in [-0.15, -0.1) is 11.3 Å². The van der Waals surface area contributed by atoms with Crippen LogP contribution in [0.2, 0.25) is 0 Å². The molecule has 0 spiro atoms. The highest BCUT2D eigenvalue weighted by molar-refractivity contribution is 7.19. The van der Waals surface area contributed by atoms with E-state index < -0.39 is 0 Å². The van der Waals surface area contributed by atoms with Gasteiger partial charge in [0.15, 0.2) is 6.61 Å². The molecule has 24 heavy (non-hydrogen) atoms. The van der Waals surface area contributed by atoms with E-state index in [0.717, 1.165) is 16.1 Å². The Kier molecular flexibility index (Phi) is 5.23. The van der Waals surface area contributed by atoms with Crippen molar-refractivity contribution in [3.8, 4) is 5.75 Å². The van der Waals surface area contributed by atoms with Gasteiger partial charge in [0, 0.05) is 0 Å². The Balaban J connectivity index is 1.68. The van der Waals surface area contributed by atoms with Crippen LogP contribution in [0.4, 0.5) is 0 Å². The first kappa shape index (κ1) is 16.2. The fourth-order valence-electron chi connectivity index (χ4n) is 2.18. The fraction of sp³-hybridized carbons (Fsp3) is 0.158. The third-order valence-corrected chi connectivity index (χ3v) is 4.25. The van der Waals surface area contributed by atoms with Gasteiger partial charge in [-0.25, -0.2) is 9.78 Å². The molecule has 0 unspecified atom stereocenters. The number of aromatic nitrogens is 1. The van der Waals surface area contributed by atoms with Crippen molar-refractivity contribution in [1.82, 2.24) is 4.98 Å². The van der Waals surface area contributed by atoms with Crippen LogP contribution in [0.15, 0.2) is 48.5 Å². The van der Waals surface area contributed by atoms with Crippen LogP contribution >= 0.6 is 11.3 Å². The molecule has 0 aliphatic rings. The maximum Gasteiger partial charge on any atom is 0.344 e. The van der Waals surface area contributed by atoms with Crippen LogP contribution in [0.25, 0.3) is 22.4 Å². The molecule has 3 rings (SSSR count). The SMILES string of the molecule is CCOC(=O)COc1cccc(/C=C/c2nc3ccccc3s2)c1. The van der Waals surface area contributed by atoms with Gasteiger partial charge in [0.2, 0.25) is 0 Å². The average Bonchev–Trinajstić information content (AvgIpc) is 3.02. The number of esters is 1. The molecule has 0 saturated carbocycles. The number of benzene rings is 2. The van der Waals surface area contributed by atoms with Crippen molar-refractivity contribution >= 4 is 39.7 Å². The smallest absolute Gasteiger partial charge is 0.344 e. The molecule has 0 aliphatic carbocycles. The number of thiazole rings is 1. The topological polar surface area (TPSA) is 48.4 Å². The number of hydrogen-bond donors (Lipinski definition) is 0. The minimum atomic E-state index is -0.368. The van der Waals surface area contributed by atoms with E-state index in [-0.39, 0.29) is 12.6 Å². The molecule has 0 atom stereocenters. The monoisotopic (exact) mass is 339 g/mol. The van der Waals surface area contributed by atoms with Crippen LogP contribution in [0, 0.1) is 0 Å². The van der Waals surface area contributed by atoms with Crippen LogP contribution in [-0.2, 0) is 9.53 Å². The summed E-state index contributed by atoms with van der Waals surface area (Å²) >= 11 is 1.65. The Morgan fingerprint density at radius 1 is 1.17 bits per heavy atom. The summed E-state index contributed by atoms with van der Waals surface area (Å²) in [6, 6.07) is 15.6. The summed E-state index contributed by atoms with van der Waals surface area (Å²) in [5.74, 6) is 0.266. The molecule has 1 heterocycles. The number of ether oxygens (including phenoxy) is 2. The number of nitrogens with zero attached hydrogens (tertiary/aromatic N) is 1. The zero-order chi connectivity index (χ0) is 16.8. The normalized spacial score (nSPS) is 11.0. The van der Waals surface area contributed by atoms with Gasteiger partial charge < -0.3 is 9.47 Å². The van der Waals surface area contributed by atoms with Crippen molar-refractivity contribution < 1.29 is 14.3 Å². The Hall–Kier alpha value is -2.66. The summed E-state index contributed by atoms with van der Waals surface area (Å²) in [5.41, 5.74) is 1.99. The van der Waals surface area contributed by atoms with Crippen molar-refractivity contribution in [2.75, 3.05) is 13.2 Å². The summed E-state index contributed by atoms with van der Waals surface area (Å²) in [4.78, 5) is 15.9. The molecule has 0 saturated heterocycles. The summed E-state index contributed by atoms with van der Waals surface area (Å²) in [6.07, 6.45) is 3.96. The standard InChI is InChI=1S/C19H17NO3S/c1-2-22-19(21)13-23-15-7-5-6-14(12-15)10-11-18-20-16-8-3-4-9-17(16)24-18/h3-12H,2,13H2,1H3/b11-10+. The van der Waals surface area contributed by atoms with E-state index in [1.54, 1.807) is 18.3 Å². The van der Waals surface area contributed by atoms with Crippen LogP contribution < -0.4 is 4.74 Å². The number of rotatable bonds is 6. The highest BCUT2D eigenvalue weighted by atomic mass is 32.1. The molecule has 3 aromatic rings. The first-order valence-electron chi connectivity index (χ1n) is 7.67. The second kappa shape index (κ2) is 7.75. The molecule has 0 fully saturated rings. The molecular formula is C19H17NO3S. The van der Waals surface area contributed by atoms with Crippen molar-refractivity contribution in [3.63, 3.8) is 0 Å². The van der Waals surface area contributed by atoms with Gasteiger partial charge in [-0.1, -0.05) is 30.3 Å². The van der Waals surface area contributed by atoms with Crippen LogP contribution in [-0.4, -0.2) is 24.2 Å². The van der Waals surface area contributed by atoms with Gasteiger partial charge in [-0.2, -0.15) is 0 Å². The van der Waals surface area contributed by atoms with E-state index in [0.29, 0.717) is 12.4 Å². The molecule has 0 amide bonds. The van der Waals surface area contributed by atoms with Crippen molar-refractivity contribution in [2.24, 2.45) is 0 Å². The molecule has 5 heteroatoms. The average molecular weight is 339 g/mol. The highest BCUT2D eigenvalue weighted by Crippen LogP contribution is 2.23. The van der Waals surface area contributed by atoms with Gasteiger partial charge in [-0.3, -0.25) is 0 Å². The maximum absolute atomic E-state index is 11.3. The number of carbonyl (C=O) groups is 1. The Bertz CT molecular complexity index is 837. The minimum absolute atomic E-state index is 0.0844. The van der Waals surface area contributed by atoms with Gasteiger partial charge >= 0.3 is 5.97 Å². The number of hydrogen-bond acceptors (Lipinski definition) is 5. The van der Waals surface area contributed by atoms with Gasteiger partial charge in [-0.05, 0) is 42.8 Å². The molecule has 0 radical (unpaired) electrons. The third kappa shape index (κ3) is 4.20. The maximum atomic E-state index is 11.3.